The summed E-state index contributed by atoms with van der Waals surface area (Å²) < 4.78 is 10.2. The molecule has 4 nitrogen and oxygen atoms in total. The first-order chi connectivity index (χ1) is 7.24. The van der Waals surface area contributed by atoms with Crippen molar-refractivity contribution in [1.29, 1.82) is 0 Å². The van der Waals surface area contributed by atoms with Gasteiger partial charge in [-0.1, -0.05) is 22.8 Å². The molecule has 0 saturated heterocycles. The molecule has 0 atom stereocenters. The Morgan fingerprint density at radius 3 is 2.87 bits per heavy atom. The van der Waals surface area contributed by atoms with Crippen molar-refractivity contribution in [3.63, 3.8) is 0 Å². The second-order valence-corrected chi connectivity index (χ2v) is 3.34. The number of ether oxygens (including phenoxy) is 1. The van der Waals surface area contributed by atoms with E-state index < -0.39 is 0 Å². The SMILES string of the molecule is COc1c(Cl)cccc1-c1oncc1N. The van der Waals surface area contributed by atoms with Gasteiger partial charge in [-0.2, -0.15) is 0 Å². The number of anilines is 1. The quantitative estimate of drug-likeness (QED) is 0.852. The van der Waals surface area contributed by atoms with Gasteiger partial charge in [0.15, 0.2) is 5.76 Å². The fourth-order valence-electron chi connectivity index (χ4n) is 1.35. The minimum Gasteiger partial charge on any atom is -0.494 e. The zero-order valence-electron chi connectivity index (χ0n) is 8.03. The summed E-state index contributed by atoms with van der Waals surface area (Å²) >= 11 is 5.97. The van der Waals surface area contributed by atoms with E-state index in [0.717, 1.165) is 0 Å². The number of methoxy groups -OCH3 is 1. The lowest BCUT2D eigenvalue weighted by Crippen LogP contribution is -1.90. The number of aromatic nitrogens is 1. The molecule has 2 N–H and O–H groups in total. The number of nitrogens with zero attached hydrogens (tertiary/aromatic N) is 1. The lowest BCUT2D eigenvalue weighted by atomic mass is 10.1. The number of hydrogen-bond acceptors (Lipinski definition) is 4. The van der Waals surface area contributed by atoms with Gasteiger partial charge in [-0.15, -0.1) is 0 Å². The van der Waals surface area contributed by atoms with Crippen molar-refractivity contribution < 1.29 is 9.26 Å². The van der Waals surface area contributed by atoms with Gasteiger partial charge in [-0.05, 0) is 12.1 Å². The molecule has 78 valence electrons. The second-order valence-electron chi connectivity index (χ2n) is 2.93. The molecule has 15 heavy (non-hydrogen) atoms. The standard InChI is InChI=1S/C10H9ClN2O2/c1-14-9-6(3-2-4-7(9)11)10-8(12)5-13-15-10/h2-5H,12H2,1H3. The topological polar surface area (TPSA) is 61.3 Å². The average molecular weight is 225 g/mol. The molecule has 0 spiro atoms. The van der Waals surface area contributed by atoms with Gasteiger partial charge < -0.3 is 15.0 Å². The first-order valence-corrected chi connectivity index (χ1v) is 4.65. The van der Waals surface area contributed by atoms with Crippen molar-refractivity contribution in [2.75, 3.05) is 12.8 Å². The predicted octanol–water partition coefficient (Wildman–Crippen LogP) is 2.59. The third kappa shape index (κ3) is 1.64. The molecule has 0 aliphatic heterocycles. The van der Waals surface area contributed by atoms with E-state index in [1.807, 2.05) is 6.07 Å². The number of benzene rings is 1. The van der Waals surface area contributed by atoms with Gasteiger partial charge in [0.1, 0.15) is 11.4 Å². The molecular formula is C10H9ClN2O2. The highest BCUT2D eigenvalue weighted by molar-refractivity contribution is 6.32. The first kappa shape index (κ1) is 9.86. The fraction of sp³-hybridized carbons (Fsp3) is 0.100. The Kier molecular flexibility index (Phi) is 2.51. The van der Waals surface area contributed by atoms with E-state index >= 15 is 0 Å². The first-order valence-electron chi connectivity index (χ1n) is 4.27. The van der Waals surface area contributed by atoms with E-state index in [0.29, 0.717) is 27.8 Å². The molecule has 5 heteroatoms. The smallest absolute Gasteiger partial charge is 0.193 e. The molecule has 0 fully saturated rings. The van der Waals surface area contributed by atoms with Crippen LogP contribution in [0, 0.1) is 0 Å². The van der Waals surface area contributed by atoms with Crippen LogP contribution in [0.3, 0.4) is 0 Å². The molecule has 0 aliphatic rings. The van der Waals surface area contributed by atoms with Crippen LogP contribution in [0.15, 0.2) is 28.9 Å². The van der Waals surface area contributed by atoms with Crippen LogP contribution in [0.25, 0.3) is 11.3 Å². The van der Waals surface area contributed by atoms with Crippen LogP contribution in [0.2, 0.25) is 5.02 Å². The summed E-state index contributed by atoms with van der Waals surface area (Å²) in [6.07, 6.45) is 1.44. The van der Waals surface area contributed by atoms with Crippen LogP contribution >= 0.6 is 11.6 Å². The van der Waals surface area contributed by atoms with Crippen molar-refractivity contribution in [3.8, 4) is 17.1 Å². The minimum absolute atomic E-state index is 0.454. The Morgan fingerprint density at radius 1 is 1.47 bits per heavy atom. The fourth-order valence-corrected chi connectivity index (χ4v) is 1.60. The zero-order valence-corrected chi connectivity index (χ0v) is 8.78. The molecule has 1 aromatic carbocycles. The highest BCUT2D eigenvalue weighted by Gasteiger charge is 2.15. The average Bonchev–Trinajstić information content (AvgIpc) is 2.64. The predicted molar refractivity (Wildman–Crippen MR) is 57.9 cm³/mol. The molecule has 2 rings (SSSR count). The molecule has 0 amide bonds. The van der Waals surface area contributed by atoms with Crippen LogP contribution < -0.4 is 10.5 Å². The minimum atomic E-state index is 0.454. The van der Waals surface area contributed by atoms with Gasteiger partial charge in [0.05, 0.1) is 23.9 Å². The summed E-state index contributed by atoms with van der Waals surface area (Å²) in [5.41, 5.74) is 6.84. The van der Waals surface area contributed by atoms with E-state index in [9.17, 15) is 0 Å². The van der Waals surface area contributed by atoms with Crippen molar-refractivity contribution in [3.05, 3.63) is 29.4 Å². The molecule has 2 aromatic rings. The maximum atomic E-state index is 5.97. The van der Waals surface area contributed by atoms with E-state index in [1.54, 1.807) is 12.1 Å². The van der Waals surface area contributed by atoms with E-state index in [2.05, 4.69) is 5.16 Å². The number of nitrogens with two attached hydrogens (primary N) is 1. The summed E-state index contributed by atoms with van der Waals surface area (Å²) in [7, 11) is 1.54. The zero-order chi connectivity index (χ0) is 10.8. The van der Waals surface area contributed by atoms with Gasteiger partial charge in [0.25, 0.3) is 0 Å². The Bertz CT molecular complexity index is 482. The van der Waals surface area contributed by atoms with Gasteiger partial charge in [0, 0.05) is 0 Å². The van der Waals surface area contributed by atoms with Crippen LogP contribution in [0.1, 0.15) is 0 Å². The number of para-hydroxylation sites is 1. The Hall–Kier alpha value is -1.68. The third-order valence-corrected chi connectivity index (χ3v) is 2.31. The Morgan fingerprint density at radius 2 is 2.27 bits per heavy atom. The van der Waals surface area contributed by atoms with E-state index in [1.165, 1.54) is 13.3 Å². The lowest BCUT2D eigenvalue weighted by molar-refractivity contribution is 0.406. The molecule has 0 bridgehead atoms. The monoisotopic (exact) mass is 224 g/mol. The normalized spacial score (nSPS) is 10.3. The third-order valence-electron chi connectivity index (χ3n) is 2.01. The van der Waals surface area contributed by atoms with Crippen LogP contribution in [0.5, 0.6) is 5.75 Å². The number of rotatable bonds is 2. The van der Waals surface area contributed by atoms with Crippen molar-refractivity contribution >= 4 is 17.3 Å². The van der Waals surface area contributed by atoms with Crippen LogP contribution in [-0.4, -0.2) is 12.3 Å². The molecule has 0 aliphatic carbocycles. The largest absolute Gasteiger partial charge is 0.494 e. The summed E-state index contributed by atoms with van der Waals surface area (Å²) in [4.78, 5) is 0. The molecule has 0 unspecified atom stereocenters. The molecule has 0 saturated carbocycles. The van der Waals surface area contributed by atoms with Crippen LogP contribution in [0.4, 0.5) is 5.69 Å². The lowest BCUT2D eigenvalue weighted by Gasteiger charge is -2.07. The Labute approximate surface area is 91.6 Å². The summed E-state index contributed by atoms with van der Waals surface area (Å²) in [6.45, 7) is 0. The van der Waals surface area contributed by atoms with Gasteiger partial charge >= 0.3 is 0 Å². The van der Waals surface area contributed by atoms with Crippen molar-refractivity contribution in [1.82, 2.24) is 5.16 Å². The van der Waals surface area contributed by atoms with Gasteiger partial charge in [-0.3, -0.25) is 0 Å². The highest BCUT2D eigenvalue weighted by Crippen LogP contribution is 2.38. The van der Waals surface area contributed by atoms with E-state index in [-0.39, 0.29) is 0 Å². The Balaban J connectivity index is 2.63. The van der Waals surface area contributed by atoms with Gasteiger partial charge in [0.2, 0.25) is 0 Å². The van der Waals surface area contributed by atoms with Crippen LogP contribution in [-0.2, 0) is 0 Å². The molecule has 0 radical (unpaired) electrons. The second kappa shape index (κ2) is 3.82. The summed E-state index contributed by atoms with van der Waals surface area (Å²) in [5, 5.41) is 4.11. The number of hydrogen-bond donors (Lipinski definition) is 1. The van der Waals surface area contributed by atoms with Crippen molar-refractivity contribution in [2.24, 2.45) is 0 Å². The van der Waals surface area contributed by atoms with Crippen molar-refractivity contribution in [2.45, 2.75) is 0 Å². The van der Waals surface area contributed by atoms with Gasteiger partial charge in [-0.25, -0.2) is 0 Å². The maximum Gasteiger partial charge on any atom is 0.193 e. The highest BCUT2D eigenvalue weighted by atomic mass is 35.5. The summed E-state index contributed by atoms with van der Waals surface area (Å²) in [6, 6.07) is 5.33. The number of nitrogen functional groups attached to an aromatic ring is 1. The molecular weight excluding hydrogens is 216 g/mol. The molecule has 1 heterocycles. The number of halogens is 1. The summed E-state index contributed by atoms with van der Waals surface area (Å²) in [5.74, 6) is 0.997. The molecule has 1 aromatic heterocycles. The van der Waals surface area contributed by atoms with E-state index in [4.69, 9.17) is 26.6 Å². The maximum absolute atomic E-state index is 5.97.